The Hall–Kier alpha value is -0.120. The fourth-order valence-corrected chi connectivity index (χ4v) is 3.41. The Kier molecular flexibility index (Phi) is 5.05. The van der Waals surface area contributed by atoms with E-state index in [2.05, 4.69) is 36.3 Å². The third-order valence-corrected chi connectivity index (χ3v) is 4.60. The van der Waals surface area contributed by atoms with Gasteiger partial charge in [0, 0.05) is 25.2 Å². The summed E-state index contributed by atoms with van der Waals surface area (Å²) < 4.78 is 0. The van der Waals surface area contributed by atoms with Crippen molar-refractivity contribution < 1.29 is 0 Å². The highest BCUT2D eigenvalue weighted by atomic mass is 15.2. The van der Waals surface area contributed by atoms with Crippen molar-refractivity contribution >= 4 is 0 Å². The van der Waals surface area contributed by atoms with Crippen LogP contribution in [0.15, 0.2) is 0 Å². The van der Waals surface area contributed by atoms with Crippen LogP contribution in [-0.4, -0.2) is 49.7 Å². The molecule has 0 aromatic heterocycles. The minimum atomic E-state index is 0.383. The zero-order chi connectivity index (χ0) is 13.0. The van der Waals surface area contributed by atoms with Gasteiger partial charge in [-0.15, -0.1) is 0 Å². The normalized spacial score (nSPS) is 31.2. The zero-order valence-electron chi connectivity index (χ0n) is 12.5. The summed E-state index contributed by atoms with van der Waals surface area (Å²) in [5, 5.41) is 7.38. The lowest BCUT2D eigenvalue weighted by atomic mass is 9.79. The topological polar surface area (TPSA) is 27.3 Å². The molecule has 2 saturated heterocycles. The van der Waals surface area contributed by atoms with Gasteiger partial charge in [-0.05, 0) is 51.2 Å². The zero-order valence-corrected chi connectivity index (χ0v) is 12.5. The Morgan fingerprint density at radius 1 is 1.28 bits per heavy atom. The molecule has 0 aromatic rings. The van der Waals surface area contributed by atoms with Gasteiger partial charge in [-0.2, -0.15) is 0 Å². The summed E-state index contributed by atoms with van der Waals surface area (Å²) in [7, 11) is 0. The van der Waals surface area contributed by atoms with Crippen molar-refractivity contribution in [1.29, 1.82) is 0 Å². The van der Waals surface area contributed by atoms with Crippen molar-refractivity contribution in [2.24, 2.45) is 5.41 Å². The summed E-state index contributed by atoms with van der Waals surface area (Å²) in [6, 6.07) is 1.28. The number of hydrogen-bond acceptors (Lipinski definition) is 3. The quantitative estimate of drug-likeness (QED) is 0.800. The number of likely N-dealkylation sites (tertiary alicyclic amines) is 1. The molecule has 2 atom stereocenters. The average Bonchev–Trinajstić information content (AvgIpc) is 2.33. The van der Waals surface area contributed by atoms with Crippen LogP contribution >= 0.6 is 0 Å². The first-order valence-electron chi connectivity index (χ1n) is 7.77. The van der Waals surface area contributed by atoms with Crippen molar-refractivity contribution in [2.45, 2.75) is 58.5 Å². The average molecular weight is 253 g/mol. The molecule has 2 aliphatic heterocycles. The Morgan fingerprint density at radius 2 is 2.00 bits per heavy atom. The van der Waals surface area contributed by atoms with Gasteiger partial charge in [-0.25, -0.2) is 0 Å². The third-order valence-electron chi connectivity index (χ3n) is 4.60. The first kappa shape index (κ1) is 14.3. The molecule has 2 rings (SSSR count). The second kappa shape index (κ2) is 6.36. The highest BCUT2D eigenvalue weighted by Crippen LogP contribution is 2.25. The summed E-state index contributed by atoms with van der Waals surface area (Å²) >= 11 is 0. The van der Waals surface area contributed by atoms with Crippen LogP contribution in [0.3, 0.4) is 0 Å². The first-order valence-corrected chi connectivity index (χ1v) is 7.77. The van der Waals surface area contributed by atoms with Crippen LogP contribution < -0.4 is 10.6 Å². The first-order chi connectivity index (χ1) is 8.58. The van der Waals surface area contributed by atoms with Gasteiger partial charge >= 0.3 is 0 Å². The van der Waals surface area contributed by atoms with Gasteiger partial charge in [0.15, 0.2) is 0 Å². The number of piperidine rings is 2. The summed E-state index contributed by atoms with van der Waals surface area (Å²) in [5.74, 6) is 0. The van der Waals surface area contributed by atoms with Crippen molar-refractivity contribution in [3.63, 3.8) is 0 Å². The van der Waals surface area contributed by atoms with E-state index in [1.165, 1.54) is 45.3 Å². The monoisotopic (exact) mass is 253 g/mol. The molecule has 3 nitrogen and oxygen atoms in total. The molecule has 106 valence electrons. The van der Waals surface area contributed by atoms with Crippen LogP contribution in [0.4, 0.5) is 0 Å². The molecule has 2 heterocycles. The molecule has 0 aromatic carbocycles. The number of hydrogen-bond donors (Lipinski definition) is 2. The molecule has 2 aliphatic rings. The van der Waals surface area contributed by atoms with Gasteiger partial charge in [0.2, 0.25) is 0 Å². The highest BCUT2D eigenvalue weighted by molar-refractivity contribution is 4.91. The molecular weight excluding hydrogens is 222 g/mol. The number of nitrogens with zero attached hydrogens (tertiary/aromatic N) is 1. The molecular formula is C15H31N3. The predicted octanol–water partition coefficient (Wildman–Crippen LogP) is 1.84. The van der Waals surface area contributed by atoms with Crippen molar-refractivity contribution in [3.8, 4) is 0 Å². The van der Waals surface area contributed by atoms with Crippen LogP contribution in [-0.2, 0) is 0 Å². The van der Waals surface area contributed by atoms with Gasteiger partial charge in [0.1, 0.15) is 0 Å². The van der Waals surface area contributed by atoms with E-state index < -0.39 is 0 Å². The van der Waals surface area contributed by atoms with Gasteiger partial charge in [0.25, 0.3) is 0 Å². The van der Waals surface area contributed by atoms with E-state index in [0.29, 0.717) is 17.5 Å². The maximum absolute atomic E-state index is 3.87. The number of rotatable bonds is 4. The molecule has 0 radical (unpaired) electrons. The minimum absolute atomic E-state index is 0.383. The van der Waals surface area contributed by atoms with E-state index >= 15 is 0 Å². The molecule has 0 spiro atoms. The Labute approximate surface area is 113 Å². The van der Waals surface area contributed by atoms with Crippen LogP contribution in [0.1, 0.15) is 46.5 Å². The van der Waals surface area contributed by atoms with Gasteiger partial charge in [0.05, 0.1) is 0 Å². The maximum atomic E-state index is 3.87. The Balaban J connectivity index is 1.77. The van der Waals surface area contributed by atoms with E-state index in [9.17, 15) is 0 Å². The van der Waals surface area contributed by atoms with E-state index in [1.54, 1.807) is 0 Å². The fourth-order valence-electron chi connectivity index (χ4n) is 3.41. The van der Waals surface area contributed by atoms with E-state index in [-0.39, 0.29) is 0 Å². The largest absolute Gasteiger partial charge is 0.316 e. The molecule has 0 aliphatic carbocycles. The highest BCUT2D eigenvalue weighted by Gasteiger charge is 2.32. The Morgan fingerprint density at radius 3 is 2.67 bits per heavy atom. The fraction of sp³-hybridized carbons (Fsp3) is 1.00. The third kappa shape index (κ3) is 3.94. The van der Waals surface area contributed by atoms with Crippen molar-refractivity contribution in [2.75, 3.05) is 32.7 Å². The van der Waals surface area contributed by atoms with E-state index in [4.69, 9.17) is 0 Å². The van der Waals surface area contributed by atoms with Crippen molar-refractivity contribution in [3.05, 3.63) is 0 Å². The van der Waals surface area contributed by atoms with Crippen LogP contribution in [0.25, 0.3) is 0 Å². The lowest BCUT2D eigenvalue weighted by Crippen LogP contribution is -2.56. The minimum Gasteiger partial charge on any atom is -0.316 e. The van der Waals surface area contributed by atoms with Crippen molar-refractivity contribution in [1.82, 2.24) is 15.5 Å². The molecule has 2 fully saturated rings. The molecule has 0 bridgehead atoms. The van der Waals surface area contributed by atoms with Gasteiger partial charge in [-0.1, -0.05) is 20.3 Å². The summed E-state index contributed by atoms with van der Waals surface area (Å²) in [6.07, 6.45) is 5.48. The van der Waals surface area contributed by atoms with Crippen LogP contribution in [0.2, 0.25) is 0 Å². The molecule has 3 heteroatoms. The van der Waals surface area contributed by atoms with Crippen LogP contribution in [0.5, 0.6) is 0 Å². The second-order valence-corrected chi connectivity index (χ2v) is 6.94. The smallest absolute Gasteiger partial charge is 0.0169 e. The maximum Gasteiger partial charge on any atom is 0.0169 e. The summed E-state index contributed by atoms with van der Waals surface area (Å²) in [6.45, 7) is 13.3. The lowest BCUT2D eigenvalue weighted by Gasteiger charge is -2.42. The van der Waals surface area contributed by atoms with Crippen LogP contribution in [0, 0.1) is 5.41 Å². The second-order valence-electron chi connectivity index (χ2n) is 6.94. The molecule has 0 saturated carbocycles. The van der Waals surface area contributed by atoms with Gasteiger partial charge < -0.3 is 15.5 Å². The summed E-state index contributed by atoms with van der Waals surface area (Å²) in [4.78, 5) is 2.63. The Bertz CT molecular complexity index is 246. The predicted molar refractivity (Wildman–Crippen MR) is 77.9 cm³/mol. The van der Waals surface area contributed by atoms with E-state index in [1.807, 2.05) is 0 Å². The molecule has 2 unspecified atom stereocenters. The SMILES string of the molecule is CC(CN1CCCCC1)NC1CCNCC1(C)C. The lowest BCUT2D eigenvalue weighted by molar-refractivity contribution is 0.150. The molecule has 18 heavy (non-hydrogen) atoms. The molecule has 2 N–H and O–H groups in total. The molecule has 0 amide bonds. The van der Waals surface area contributed by atoms with Gasteiger partial charge in [-0.3, -0.25) is 0 Å². The summed E-state index contributed by atoms with van der Waals surface area (Å²) in [5.41, 5.74) is 0.383. The standard InChI is InChI=1S/C15H31N3/c1-13(11-18-9-5-4-6-10-18)17-14-7-8-16-12-15(14,2)3/h13-14,16-17H,4-12H2,1-3H3. The van der Waals surface area contributed by atoms with E-state index in [0.717, 1.165) is 13.1 Å². The number of nitrogens with one attached hydrogen (secondary N) is 2.